The molecule has 1 aliphatic heterocycles. The molecule has 1 rings (SSSR count). The van der Waals surface area contributed by atoms with Gasteiger partial charge in [0.05, 0.1) is 6.04 Å². The van der Waals surface area contributed by atoms with Crippen molar-refractivity contribution >= 4 is 0 Å². The largest absolute Gasteiger partial charge is 0.388 e. The van der Waals surface area contributed by atoms with Crippen LogP contribution in [0.25, 0.3) is 0 Å². The number of ether oxygens (including phenoxy) is 1. The van der Waals surface area contributed by atoms with Gasteiger partial charge in [-0.25, -0.2) is 0 Å². The molecule has 0 aromatic heterocycles. The minimum absolute atomic E-state index is 1.09. The molecule has 0 aliphatic carbocycles. The van der Waals surface area contributed by atoms with E-state index in [2.05, 4.69) is 4.74 Å². The minimum Gasteiger partial charge on any atom is -0.388 e. The van der Waals surface area contributed by atoms with E-state index in [9.17, 15) is 0 Å². The molecule has 1 saturated heterocycles. The van der Waals surface area contributed by atoms with Crippen LogP contribution in [0.5, 0.6) is 0 Å². The van der Waals surface area contributed by atoms with Gasteiger partial charge in [-0.15, -0.1) is 0 Å². The molecule has 0 spiro atoms. The van der Waals surface area contributed by atoms with Crippen molar-refractivity contribution in [2.24, 2.45) is 5.73 Å². The van der Waals surface area contributed by atoms with Gasteiger partial charge in [0.1, 0.15) is 12.2 Å². The molecule has 0 aromatic rings. The quantitative estimate of drug-likeness (QED) is 0.257. The normalized spacial score (nSPS) is 52.6. The summed E-state index contributed by atoms with van der Waals surface area (Å²) in [6.07, 6.45) is -5.86. The van der Waals surface area contributed by atoms with Gasteiger partial charge in [-0.1, -0.05) is 0 Å². The SMILES string of the molecule is N[C@@H]1[C@@H](O)[C@H](O)[C@@H](O)O[C@H]1O. The van der Waals surface area contributed by atoms with E-state index in [1.807, 2.05) is 0 Å². The molecule has 6 heteroatoms. The van der Waals surface area contributed by atoms with Crippen molar-refractivity contribution in [3.8, 4) is 0 Å². The van der Waals surface area contributed by atoms with Crippen LogP contribution in [0, 0.1) is 0 Å². The Morgan fingerprint density at radius 3 is 2.00 bits per heavy atom. The van der Waals surface area contributed by atoms with Crippen molar-refractivity contribution in [2.45, 2.75) is 30.8 Å². The average molecular weight is 165 g/mol. The van der Waals surface area contributed by atoms with Crippen molar-refractivity contribution in [3.05, 3.63) is 0 Å². The van der Waals surface area contributed by atoms with E-state index in [0.717, 1.165) is 0 Å². The zero-order chi connectivity index (χ0) is 8.59. The standard InChI is InChI=1S/C5H11NO5/c6-1-2(7)3(8)5(10)11-4(1)9/h1-5,7-10H,6H2/t1-,2-,3+,4-,5+/m1/s1. The highest BCUT2D eigenvalue weighted by Crippen LogP contribution is 2.15. The van der Waals surface area contributed by atoms with E-state index in [0.29, 0.717) is 0 Å². The average Bonchev–Trinajstić information content (AvgIpc) is 1.97. The molecule has 5 atom stereocenters. The number of aliphatic hydroxyl groups excluding tert-OH is 4. The van der Waals surface area contributed by atoms with Crippen LogP contribution in [0.2, 0.25) is 0 Å². The van der Waals surface area contributed by atoms with Crippen LogP contribution in [0.1, 0.15) is 0 Å². The first-order valence-corrected chi connectivity index (χ1v) is 3.17. The van der Waals surface area contributed by atoms with Crippen LogP contribution in [0.15, 0.2) is 0 Å². The second-order valence-electron chi connectivity index (χ2n) is 2.48. The van der Waals surface area contributed by atoms with Gasteiger partial charge in [0.25, 0.3) is 0 Å². The van der Waals surface area contributed by atoms with Crippen molar-refractivity contribution in [1.82, 2.24) is 0 Å². The fourth-order valence-electron chi connectivity index (χ4n) is 0.879. The topological polar surface area (TPSA) is 116 Å². The molecule has 0 radical (unpaired) electrons. The number of rotatable bonds is 0. The van der Waals surface area contributed by atoms with Gasteiger partial charge >= 0.3 is 0 Å². The molecular formula is C5H11NO5. The Balaban J connectivity index is 2.63. The molecule has 0 amide bonds. The van der Waals surface area contributed by atoms with Gasteiger partial charge < -0.3 is 30.9 Å². The molecule has 1 aliphatic rings. The lowest BCUT2D eigenvalue weighted by Gasteiger charge is -2.36. The Morgan fingerprint density at radius 2 is 1.45 bits per heavy atom. The Morgan fingerprint density at radius 1 is 0.909 bits per heavy atom. The maximum atomic E-state index is 9.01. The predicted molar refractivity (Wildman–Crippen MR) is 33.1 cm³/mol. The van der Waals surface area contributed by atoms with Crippen LogP contribution in [-0.4, -0.2) is 51.3 Å². The molecule has 1 fully saturated rings. The smallest absolute Gasteiger partial charge is 0.186 e. The molecule has 6 N–H and O–H groups in total. The first kappa shape index (κ1) is 8.85. The highest BCUT2D eigenvalue weighted by Gasteiger charge is 2.40. The van der Waals surface area contributed by atoms with E-state index in [1.165, 1.54) is 0 Å². The fraction of sp³-hybridized carbons (Fsp3) is 1.00. The molecule has 6 nitrogen and oxygen atoms in total. The third-order valence-electron chi connectivity index (χ3n) is 1.64. The lowest BCUT2D eigenvalue weighted by atomic mass is 10.0. The van der Waals surface area contributed by atoms with Crippen molar-refractivity contribution in [1.29, 1.82) is 0 Å². The zero-order valence-electron chi connectivity index (χ0n) is 5.66. The van der Waals surface area contributed by atoms with Gasteiger partial charge in [0.15, 0.2) is 12.6 Å². The predicted octanol–water partition coefficient (Wildman–Crippen LogP) is -3.30. The number of aliphatic hydroxyl groups is 4. The summed E-state index contributed by atoms with van der Waals surface area (Å²) in [4.78, 5) is 0. The van der Waals surface area contributed by atoms with Gasteiger partial charge in [-0.05, 0) is 0 Å². The first-order valence-electron chi connectivity index (χ1n) is 3.17. The Kier molecular flexibility index (Phi) is 2.43. The van der Waals surface area contributed by atoms with Crippen molar-refractivity contribution in [3.63, 3.8) is 0 Å². The lowest BCUT2D eigenvalue weighted by Crippen LogP contribution is -2.60. The Bertz CT molecular complexity index is 129. The summed E-state index contributed by atoms with van der Waals surface area (Å²) < 4.78 is 4.36. The number of hydrogen-bond acceptors (Lipinski definition) is 6. The van der Waals surface area contributed by atoms with Crippen molar-refractivity contribution < 1.29 is 25.2 Å². The van der Waals surface area contributed by atoms with Crippen LogP contribution < -0.4 is 5.73 Å². The first-order chi connectivity index (χ1) is 5.04. The highest BCUT2D eigenvalue weighted by atomic mass is 16.7. The van der Waals surface area contributed by atoms with E-state index in [4.69, 9.17) is 26.2 Å². The van der Waals surface area contributed by atoms with E-state index in [-0.39, 0.29) is 0 Å². The monoisotopic (exact) mass is 165 g/mol. The summed E-state index contributed by atoms with van der Waals surface area (Å²) in [6, 6.07) is -1.09. The summed E-state index contributed by atoms with van der Waals surface area (Å²) in [5.74, 6) is 0. The van der Waals surface area contributed by atoms with Gasteiger partial charge in [0.2, 0.25) is 0 Å². The summed E-state index contributed by atoms with van der Waals surface area (Å²) >= 11 is 0. The molecule has 66 valence electrons. The van der Waals surface area contributed by atoms with Gasteiger partial charge in [-0.2, -0.15) is 0 Å². The molecule has 0 unspecified atom stereocenters. The molecule has 11 heavy (non-hydrogen) atoms. The number of hydrogen-bond donors (Lipinski definition) is 5. The third kappa shape index (κ3) is 1.51. The Labute approximate surface area is 62.8 Å². The van der Waals surface area contributed by atoms with Crippen molar-refractivity contribution in [2.75, 3.05) is 0 Å². The molecule has 0 aromatic carbocycles. The molecular weight excluding hydrogens is 154 g/mol. The molecule has 0 saturated carbocycles. The maximum absolute atomic E-state index is 9.01. The van der Waals surface area contributed by atoms with Crippen LogP contribution in [-0.2, 0) is 4.74 Å². The summed E-state index contributed by atoms with van der Waals surface area (Å²) in [5.41, 5.74) is 5.18. The van der Waals surface area contributed by atoms with Crippen LogP contribution in [0.3, 0.4) is 0 Å². The second-order valence-corrected chi connectivity index (χ2v) is 2.48. The summed E-state index contributed by atoms with van der Waals surface area (Å²) in [6.45, 7) is 0. The van der Waals surface area contributed by atoms with E-state index in [1.54, 1.807) is 0 Å². The fourth-order valence-corrected chi connectivity index (χ4v) is 0.879. The summed E-state index contributed by atoms with van der Waals surface area (Å²) in [5, 5.41) is 35.6. The van der Waals surface area contributed by atoms with E-state index < -0.39 is 30.8 Å². The zero-order valence-corrected chi connectivity index (χ0v) is 5.66. The second kappa shape index (κ2) is 3.02. The van der Waals surface area contributed by atoms with Gasteiger partial charge in [-0.3, -0.25) is 0 Å². The molecule has 0 bridgehead atoms. The summed E-state index contributed by atoms with van der Waals surface area (Å²) in [7, 11) is 0. The number of nitrogens with two attached hydrogens (primary N) is 1. The Hall–Kier alpha value is -0.240. The van der Waals surface area contributed by atoms with Crippen LogP contribution >= 0.6 is 0 Å². The van der Waals surface area contributed by atoms with E-state index >= 15 is 0 Å². The highest BCUT2D eigenvalue weighted by molar-refractivity contribution is 4.86. The maximum Gasteiger partial charge on any atom is 0.186 e. The van der Waals surface area contributed by atoms with Crippen LogP contribution in [0.4, 0.5) is 0 Å². The molecule has 1 heterocycles. The lowest BCUT2D eigenvalue weighted by molar-refractivity contribution is -0.300. The van der Waals surface area contributed by atoms with Gasteiger partial charge in [0, 0.05) is 0 Å². The minimum atomic E-state index is -1.58. The third-order valence-corrected chi connectivity index (χ3v) is 1.64.